The summed E-state index contributed by atoms with van der Waals surface area (Å²) in [6.45, 7) is 4.51. The molecule has 2 aromatic carbocycles. The molecular formula is C16H18Si. The van der Waals surface area contributed by atoms with E-state index in [1.54, 1.807) is 0 Å². The Balaban J connectivity index is 2.55. The molecule has 0 N–H and O–H groups in total. The molecule has 17 heavy (non-hydrogen) atoms. The van der Waals surface area contributed by atoms with Gasteiger partial charge in [0.05, 0.1) is 0 Å². The number of hydrogen-bond acceptors (Lipinski definition) is 0. The van der Waals surface area contributed by atoms with E-state index in [2.05, 4.69) is 85.9 Å². The molecule has 0 heterocycles. The van der Waals surface area contributed by atoms with Crippen molar-refractivity contribution in [3.8, 4) is 0 Å². The lowest BCUT2D eigenvalue weighted by Crippen LogP contribution is -2.54. The summed E-state index contributed by atoms with van der Waals surface area (Å²) in [4.78, 5) is 0. The zero-order valence-electron chi connectivity index (χ0n) is 10.4. The molecule has 0 saturated heterocycles. The second-order valence-corrected chi connectivity index (χ2v) is 8.33. The molecule has 0 saturated carbocycles. The smallest absolute Gasteiger partial charge is 0.0948 e. The van der Waals surface area contributed by atoms with Crippen LogP contribution in [-0.2, 0) is 0 Å². The third kappa shape index (κ3) is 2.39. The standard InChI is InChI=1S/C16H18Si/c1-3-14-17(2,15-10-6-4-7-11-15)16-12-8-5-9-13-16/h3-14H,1-2H3. The number of benzene rings is 2. The monoisotopic (exact) mass is 238 g/mol. The first-order chi connectivity index (χ1) is 8.27. The maximum absolute atomic E-state index is 2.40. The normalized spacial score (nSPS) is 11.9. The van der Waals surface area contributed by atoms with E-state index in [-0.39, 0.29) is 0 Å². The zero-order chi connectivity index (χ0) is 12.1. The van der Waals surface area contributed by atoms with Gasteiger partial charge in [0.15, 0.2) is 0 Å². The largest absolute Gasteiger partial charge is 0.137 e. The maximum Gasteiger partial charge on any atom is 0.137 e. The van der Waals surface area contributed by atoms with Crippen molar-refractivity contribution < 1.29 is 0 Å². The molecule has 2 aromatic rings. The van der Waals surface area contributed by atoms with Gasteiger partial charge in [0.1, 0.15) is 8.07 Å². The van der Waals surface area contributed by atoms with Crippen LogP contribution in [0.15, 0.2) is 72.4 Å². The maximum atomic E-state index is 2.40. The second-order valence-electron chi connectivity index (χ2n) is 4.43. The number of rotatable bonds is 3. The molecule has 0 aliphatic rings. The highest BCUT2D eigenvalue weighted by Crippen LogP contribution is 2.07. The van der Waals surface area contributed by atoms with Gasteiger partial charge in [-0.25, -0.2) is 0 Å². The quantitative estimate of drug-likeness (QED) is 0.721. The highest BCUT2D eigenvalue weighted by atomic mass is 28.3. The van der Waals surface area contributed by atoms with Gasteiger partial charge in [-0.1, -0.05) is 89.4 Å². The molecule has 0 radical (unpaired) electrons. The number of allylic oxidation sites excluding steroid dienone is 1. The van der Waals surface area contributed by atoms with Crippen LogP contribution in [0.3, 0.4) is 0 Å². The van der Waals surface area contributed by atoms with E-state index in [0.29, 0.717) is 0 Å². The van der Waals surface area contributed by atoms with Crippen molar-refractivity contribution in [2.24, 2.45) is 0 Å². The van der Waals surface area contributed by atoms with E-state index >= 15 is 0 Å². The van der Waals surface area contributed by atoms with E-state index in [1.165, 1.54) is 10.4 Å². The van der Waals surface area contributed by atoms with Crippen LogP contribution in [0.4, 0.5) is 0 Å². The van der Waals surface area contributed by atoms with Crippen LogP contribution in [0, 0.1) is 0 Å². The topological polar surface area (TPSA) is 0 Å². The van der Waals surface area contributed by atoms with Crippen molar-refractivity contribution in [3.05, 3.63) is 72.4 Å². The molecular weight excluding hydrogens is 220 g/mol. The van der Waals surface area contributed by atoms with Crippen LogP contribution in [-0.4, -0.2) is 8.07 Å². The summed E-state index contributed by atoms with van der Waals surface area (Å²) >= 11 is 0. The lowest BCUT2D eigenvalue weighted by atomic mass is 10.4. The van der Waals surface area contributed by atoms with Crippen molar-refractivity contribution in [1.29, 1.82) is 0 Å². The fourth-order valence-electron chi connectivity index (χ4n) is 2.26. The predicted molar refractivity (Wildman–Crippen MR) is 78.6 cm³/mol. The minimum atomic E-state index is -1.68. The molecule has 0 fully saturated rings. The highest BCUT2D eigenvalue weighted by Gasteiger charge is 2.27. The lowest BCUT2D eigenvalue weighted by Gasteiger charge is -2.25. The van der Waals surface area contributed by atoms with Crippen molar-refractivity contribution in [2.45, 2.75) is 13.5 Å². The summed E-state index contributed by atoms with van der Waals surface area (Å²) < 4.78 is 0. The first kappa shape index (κ1) is 11.9. The summed E-state index contributed by atoms with van der Waals surface area (Å²) in [5.41, 5.74) is 2.40. The van der Waals surface area contributed by atoms with Gasteiger partial charge in [-0.15, -0.1) is 0 Å². The second kappa shape index (κ2) is 5.15. The van der Waals surface area contributed by atoms with E-state index in [9.17, 15) is 0 Å². The van der Waals surface area contributed by atoms with Crippen molar-refractivity contribution >= 4 is 18.4 Å². The molecule has 2 rings (SSSR count). The Morgan fingerprint density at radius 1 is 0.765 bits per heavy atom. The van der Waals surface area contributed by atoms with Gasteiger partial charge in [-0.2, -0.15) is 0 Å². The summed E-state index contributed by atoms with van der Waals surface area (Å²) in [5.74, 6) is 0. The highest BCUT2D eigenvalue weighted by molar-refractivity contribution is 7.05. The molecule has 0 atom stereocenters. The minimum absolute atomic E-state index is 1.46. The van der Waals surface area contributed by atoms with Gasteiger partial charge in [0, 0.05) is 0 Å². The summed E-state index contributed by atoms with van der Waals surface area (Å²) in [5, 5.41) is 2.92. The Labute approximate surface area is 105 Å². The third-order valence-electron chi connectivity index (χ3n) is 3.25. The van der Waals surface area contributed by atoms with Gasteiger partial charge in [0.25, 0.3) is 0 Å². The van der Waals surface area contributed by atoms with Crippen molar-refractivity contribution in [1.82, 2.24) is 0 Å². The fourth-order valence-corrected chi connectivity index (χ4v) is 5.42. The Kier molecular flexibility index (Phi) is 3.60. The first-order valence-electron chi connectivity index (χ1n) is 6.02. The average Bonchev–Trinajstić information content (AvgIpc) is 2.41. The molecule has 0 nitrogen and oxygen atoms in total. The average molecular weight is 238 g/mol. The summed E-state index contributed by atoms with van der Waals surface area (Å²) in [7, 11) is -1.68. The van der Waals surface area contributed by atoms with Gasteiger partial charge < -0.3 is 0 Å². The van der Waals surface area contributed by atoms with Crippen LogP contribution in [0.1, 0.15) is 6.92 Å². The Morgan fingerprint density at radius 2 is 1.18 bits per heavy atom. The van der Waals surface area contributed by atoms with Gasteiger partial charge in [-0.05, 0) is 6.92 Å². The molecule has 86 valence electrons. The molecule has 0 bridgehead atoms. The van der Waals surface area contributed by atoms with Crippen molar-refractivity contribution in [2.75, 3.05) is 0 Å². The van der Waals surface area contributed by atoms with Gasteiger partial charge in [-0.3, -0.25) is 0 Å². The zero-order valence-corrected chi connectivity index (χ0v) is 11.4. The third-order valence-corrected chi connectivity index (χ3v) is 7.31. The lowest BCUT2D eigenvalue weighted by molar-refractivity contribution is 1.67. The van der Waals surface area contributed by atoms with Crippen LogP contribution in [0.2, 0.25) is 6.55 Å². The summed E-state index contributed by atoms with van der Waals surface area (Å²) in [6, 6.07) is 21.7. The Morgan fingerprint density at radius 3 is 1.53 bits per heavy atom. The predicted octanol–water partition coefficient (Wildman–Crippen LogP) is 2.99. The number of hydrogen-bond donors (Lipinski definition) is 0. The fraction of sp³-hybridized carbons (Fsp3) is 0.125. The Bertz CT molecular complexity index is 446. The van der Waals surface area contributed by atoms with Crippen LogP contribution in [0.5, 0.6) is 0 Å². The van der Waals surface area contributed by atoms with E-state index in [4.69, 9.17) is 0 Å². The van der Waals surface area contributed by atoms with E-state index in [0.717, 1.165) is 0 Å². The van der Waals surface area contributed by atoms with Crippen LogP contribution in [0.25, 0.3) is 0 Å². The van der Waals surface area contributed by atoms with Crippen LogP contribution >= 0.6 is 0 Å². The molecule has 0 aromatic heterocycles. The molecule has 0 unspecified atom stereocenters. The first-order valence-corrected chi connectivity index (χ1v) is 8.60. The van der Waals surface area contributed by atoms with Gasteiger partial charge in [0.2, 0.25) is 0 Å². The van der Waals surface area contributed by atoms with E-state index < -0.39 is 8.07 Å². The molecule has 0 aliphatic heterocycles. The molecule has 0 amide bonds. The van der Waals surface area contributed by atoms with Gasteiger partial charge >= 0.3 is 0 Å². The van der Waals surface area contributed by atoms with Crippen molar-refractivity contribution in [3.63, 3.8) is 0 Å². The molecule has 1 heteroatoms. The minimum Gasteiger partial charge on any atom is -0.0948 e. The van der Waals surface area contributed by atoms with Crippen LogP contribution < -0.4 is 10.4 Å². The summed E-state index contributed by atoms with van der Waals surface area (Å²) in [6.07, 6.45) is 2.19. The Hall–Kier alpha value is -1.60. The SMILES string of the molecule is CC=C[Si](C)(c1ccccc1)c1ccccc1. The molecule has 0 spiro atoms. The molecule has 0 aliphatic carbocycles. The van der Waals surface area contributed by atoms with E-state index in [1.807, 2.05) is 0 Å².